The highest BCUT2D eigenvalue weighted by Gasteiger charge is 2.12. The smallest absolute Gasteiger partial charge is 0.269 e. The largest absolute Gasteiger partial charge is 0.364 e. The maximum atomic E-state index is 11.0. The molecule has 1 unspecified atom stereocenters. The highest BCUT2D eigenvalue weighted by atomic mass is 79.9. The van der Waals surface area contributed by atoms with Crippen molar-refractivity contribution >= 4 is 21.8 Å². The molecule has 0 aliphatic rings. The van der Waals surface area contributed by atoms with Crippen molar-refractivity contribution in [3.8, 4) is 5.69 Å². The summed E-state index contributed by atoms with van der Waals surface area (Å²) in [6.07, 6.45) is 1.69. The average Bonchev–Trinajstić information content (AvgIpc) is 2.78. The Balaban J connectivity index is 2.52. The first kappa shape index (κ1) is 12.8. The Bertz CT molecular complexity index is 592. The van der Waals surface area contributed by atoms with E-state index in [1.165, 1.54) is 0 Å². The molecule has 94 valence electrons. The quantitative estimate of drug-likeness (QED) is 0.905. The van der Waals surface area contributed by atoms with Gasteiger partial charge in [0.15, 0.2) is 0 Å². The lowest BCUT2D eigenvalue weighted by atomic mass is 10.1. The van der Waals surface area contributed by atoms with Gasteiger partial charge in [-0.25, -0.2) is 4.68 Å². The minimum atomic E-state index is -0.548. The van der Waals surface area contributed by atoms with E-state index in [0.29, 0.717) is 0 Å². The molecule has 1 atom stereocenters. The molecule has 0 radical (unpaired) electrons. The number of primary amides is 1. The fourth-order valence-electron chi connectivity index (χ4n) is 1.69. The van der Waals surface area contributed by atoms with Crippen LogP contribution in [0.4, 0.5) is 0 Å². The van der Waals surface area contributed by atoms with Crippen molar-refractivity contribution < 1.29 is 4.79 Å². The van der Waals surface area contributed by atoms with Gasteiger partial charge >= 0.3 is 0 Å². The first-order valence-electron chi connectivity index (χ1n) is 5.40. The van der Waals surface area contributed by atoms with Gasteiger partial charge in [-0.05, 0) is 36.8 Å². The summed E-state index contributed by atoms with van der Waals surface area (Å²) in [4.78, 5) is 11.0. The molecule has 1 heterocycles. The number of halogens is 1. The van der Waals surface area contributed by atoms with Gasteiger partial charge in [0.05, 0.1) is 5.69 Å². The van der Waals surface area contributed by atoms with Crippen LogP contribution in [-0.2, 0) is 0 Å². The predicted octanol–water partition coefficient (Wildman–Crippen LogP) is 1.75. The summed E-state index contributed by atoms with van der Waals surface area (Å²) in [7, 11) is 0. The van der Waals surface area contributed by atoms with Crippen LogP contribution in [0.25, 0.3) is 5.69 Å². The first-order chi connectivity index (χ1) is 8.49. The Morgan fingerprint density at radius 1 is 1.44 bits per heavy atom. The number of amides is 1. The van der Waals surface area contributed by atoms with Crippen molar-refractivity contribution in [1.82, 2.24) is 9.78 Å². The Morgan fingerprint density at radius 3 is 2.72 bits per heavy atom. The van der Waals surface area contributed by atoms with Gasteiger partial charge in [0.1, 0.15) is 5.69 Å². The molecule has 0 saturated carbocycles. The van der Waals surface area contributed by atoms with E-state index in [2.05, 4.69) is 21.0 Å². The third-order valence-electron chi connectivity index (χ3n) is 2.57. The average molecular weight is 309 g/mol. The number of nitrogens with two attached hydrogens (primary N) is 2. The van der Waals surface area contributed by atoms with E-state index in [1.54, 1.807) is 16.9 Å². The molecule has 0 aliphatic carbocycles. The number of carbonyl (C=O) groups is 1. The summed E-state index contributed by atoms with van der Waals surface area (Å²) in [6.45, 7) is 1.89. The van der Waals surface area contributed by atoms with Crippen LogP contribution in [0.1, 0.15) is 29.0 Å². The van der Waals surface area contributed by atoms with Crippen LogP contribution >= 0.6 is 15.9 Å². The third kappa shape index (κ3) is 2.44. The van der Waals surface area contributed by atoms with Crippen LogP contribution < -0.4 is 11.5 Å². The molecule has 0 saturated heterocycles. The van der Waals surface area contributed by atoms with Crippen LogP contribution in [0.3, 0.4) is 0 Å². The molecule has 2 rings (SSSR count). The van der Waals surface area contributed by atoms with Gasteiger partial charge in [-0.15, -0.1) is 0 Å². The Hall–Kier alpha value is -1.66. The lowest BCUT2D eigenvalue weighted by Crippen LogP contribution is -2.13. The number of nitrogens with zero attached hydrogens (tertiary/aromatic N) is 2. The fourth-order valence-corrected chi connectivity index (χ4v) is 2.07. The summed E-state index contributed by atoms with van der Waals surface area (Å²) in [5, 5.41) is 4.12. The molecular formula is C12H13BrN4O. The third-order valence-corrected chi connectivity index (χ3v) is 3.06. The van der Waals surface area contributed by atoms with Gasteiger partial charge < -0.3 is 11.5 Å². The SMILES string of the molecule is CC(N)c1cc(Br)ccc1-n1ccc(C(N)=O)n1. The van der Waals surface area contributed by atoms with Gasteiger partial charge in [0.2, 0.25) is 0 Å². The van der Waals surface area contributed by atoms with E-state index < -0.39 is 5.91 Å². The molecule has 0 fully saturated rings. The minimum absolute atomic E-state index is 0.140. The fraction of sp³-hybridized carbons (Fsp3) is 0.167. The van der Waals surface area contributed by atoms with E-state index >= 15 is 0 Å². The molecule has 18 heavy (non-hydrogen) atoms. The van der Waals surface area contributed by atoms with Crippen LogP contribution in [0, 0.1) is 0 Å². The van der Waals surface area contributed by atoms with E-state index in [-0.39, 0.29) is 11.7 Å². The summed E-state index contributed by atoms with van der Waals surface area (Å²) >= 11 is 3.41. The molecule has 1 amide bonds. The number of benzene rings is 1. The normalized spacial score (nSPS) is 12.4. The number of rotatable bonds is 3. The van der Waals surface area contributed by atoms with Crippen molar-refractivity contribution in [3.63, 3.8) is 0 Å². The van der Waals surface area contributed by atoms with E-state index in [9.17, 15) is 4.79 Å². The van der Waals surface area contributed by atoms with Gasteiger partial charge in [0.25, 0.3) is 5.91 Å². The van der Waals surface area contributed by atoms with Crippen LogP contribution in [0.15, 0.2) is 34.9 Å². The van der Waals surface area contributed by atoms with Crippen molar-refractivity contribution in [2.45, 2.75) is 13.0 Å². The number of aromatic nitrogens is 2. The zero-order valence-corrected chi connectivity index (χ0v) is 11.4. The minimum Gasteiger partial charge on any atom is -0.364 e. The van der Waals surface area contributed by atoms with Gasteiger partial charge in [-0.3, -0.25) is 4.79 Å². The molecule has 1 aromatic heterocycles. The maximum absolute atomic E-state index is 11.0. The second-order valence-corrected chi connectivity index (χ2v) is 4.92. The van der Waals surface area contributed by atoms with Gasteiger partial charge in [-0.2, -0.15) is 5.10 Å². The van der Waals surface area contributed by atoms with Crippen LogP contribution in [0.2, 0.25) is 0 Å². The van der Waals surface area contributed by atoms with E-state index in [4.69, 9.17) is 11.5 Å². The molecule has 6 heteroatoms. The first-order valence-corrected chi connectivity index (χ1v) is 6.19. The maximum Gasteiger partial charge on any atom is 0.269 e. The lowest BCUT2D eigenvalue weighted by Gasteiger charge is -2.13. The highest BCUT2D eigenvalue weighted by molar-refractivity contribution is 9.10. The van der Waals surface area contributed by atoms with Crippen molar-refractivity contribution in [3.05, 3.63) is 46.2 Å². The van der Waals surface area contributed by atoms with E-state index in [1.807, 2.05) is 25.1 Å². The zero-order chi connectivity index (χ0) is 13.3. The number of carbonyl (C=O) groups excluding carboxylic acids is 1. The molecular weight excluding hydrogens is 296 g/mol. The highest BCUT2D eigenvalue weighted by Crippen LogP contribution is 2.24. The molecule has 1 aromatic carbocycles. The summed E-state index contributed by atoms with van der Waals surface area (Å²) in [6, 6.07) is 7.16. The monoisotopic (exact) mass is 308 g/mol. The molecule has 0 aliphatic heterocycles. The number of hydrogen-bond donors (Lipinski definition) is 2. The molecule has 4 N–H and O–H groups in total. The summed E-state index contributed by atoms with van der Waals surface area (Å²) in [5.74, 6) is -0.548. The summed E-state index contributed by atoms with van der Waals surface area (Å²) in [5.41, 5.74) is 13.1. The Labute approximate surface area is 113 Å². The van der Waals surface area contributed by atoms with Gasteiger partial charge in [-0.1, -0.05) is 15.9 Å². The van der Waals surface area contributed by atoms with Crippen molar-refractivity contribution in [2.24, 2.45) is 11.5 Å². The summed E-state index contributed by atoms with van der Waals surface area (Å²) < 4.78 is 2.55. The second-order valence-electron chi connectivity index (χ2n) is 4.00. The Morgan fingerprint density at radius 2 is 2.17 bits per heavy atom. The predicted molar refractivity (Wildman–Crippen MR) is 72.4 cm³/mol. The topological polar surface area (TPSA) is 86.9 Å². The zero-order valence-electron chi connectivity index (χ0n) is 9.80. The van der Waals surface area contributed by atoms with Crippen molar-refractivity contribution in [1.29, 1.82) is 0 Å². The molecule has 5 nitrogen and oxygen atoms in total. The van der Waals surface area contributed by atoms with Crippen LogP contribution in [-0.4, -0.2) is 15.7 Å². The van der Waals surface area contributed by atoms with Crippen molar-refractivity contribution in [2.75, 3.05) is 0 Å². The van der Waals surface area contributed by atoms with E-state index in [0.717, 1.165) is 15.7 Å². The molecule has 2 aromatic rings. The Kier molecular flexibility index (Phi) is 3.49. The molecule has 0 spiro atoms. The van der Waals surface area contributed by atoms with Crippen LogP contribution in [0.5, 0.6) is 0 Å². The number of hydrogen-bond acceptors (Lipinski definition) is 3. The lowest BCUT2D eigenvalue weighted by molar-refractivity contribution is 0.0995. The standard InChI is InChI=1S/C12H13BrN4O/c1-7(14)9-6-8(13)2-3-11(9)17-5-4-10(16-17)12(15)18/h2-7H,14H2,1H3,(H2,15,18). The van der Waals surface area contributed by atoms with Gasteiger partial charge in [0, 0.05) is 16.7 Å². The molecule has 0 bridgehead atoms. The second kappa shape index (κ2) is 4.91.